The molecule has 1 N–H and O–H groups in total. The van der Waals surface area contributed by atoms with Crippen molar-refractivity contribution in [2.45, 2.75) is 19.5 Å². The van der Waals surface area contributed by atoms with E-state index in [1.54, 1.807) is 16.9 Å². The Morgan fingerprint density at radius 3 is 3.00 bits per heavy atom. The third kappa shape index (κ3) is 3.11. The van der Waals surface area contributed by atoms with Crippen molar-refractivity contribution in [1.82, 2.24) is 9.78 Å². The van der Waals surface area contributed by atoms with Crippen LogP contribution in [0.3, 0.4) is 0 Å². The van der Waals surface area contributed by atoms with E-state index in [9.17, 15) is 10.1 Å². The minimum absolute atomic E-state index is 0.0439. The van der Waals surface area contributed by atoms with Gasteiger partial charge in [-0.05, 0) is 25.1 Å². The molecule has 2 aromatic rings. The van der Waals surface area contributed by atoms with Crippen LogP contribution in [0, 0.1) is 21.4 Å². The van der Waals surface area contributed by atoms with Crippen LogP contribution in [0.5, 0.6) is 0 Å². The van der Waals surface area contributed by atoms with E-state index >= 15 is 0 Å². The van der Waals surface area contributed by atoms with E-state index < -0.39 is 4.92 Å². The summed E-state index contributed by atoms with van der Waals surface area (Å²) in [6.07, 6.45) is 3.54. The first-order valence-corrected chi connectivity index (χ1v) is 6.02. The normalized spacial score (nSPS) is 11.6. The molecule has 20 heavy (non-hydrogen) atoms. The van der Waals surface area contributed by atoms with Crippen LogP contribution in [0.25, 0.3) is 0 Å². The zero-order valence-corrected chi connectivity index (χ0v) is 10.9. The minimum Gasteiger partial charge on any atom is -0.381 e. The average Bonchev–Trinajstić information content (AvgIpc) is 2.91. The lowest BCUT2D eigenvalue weighted by Gasteiger charge is -2.15. The van der Waals surface area contributed by atoms with Gasteiger partial charge < -0.3 is 5.32 Å². The molecule has 0 spiro atoms. The van der Waals surface area contributed by atoms with Gasteiger partial charge in [-0.25, -0.2) is 0 Å². The van der Waals surface area contributed by atoms with Gasteiger partial charge in [0.25, 0.3) is 5.69 Å². The predicted octanol–water partition coefficient (Wildman–Crippen LogP) is 2.16. The number of hydrogen-bond donors (Lipinski definition) is 1. The summed E-state index contributed by atoms with van der Waals surface area (Å²) in [4.78, 5) is 10.3. The second-order valence-electron chi connectivity index (χ2n) is 4.37. The molecule has 0 radical (unpaired) electrons. The Hall–Kier alpha value is -2.88. The molecule has 7 nitrogen and oxygen atoms in total. The zero-order valence-electron chi connectivity index (χ0n) is 10.9. The Morgan fingerprint density at radius 2 is 2.40 bits per heavy atom. The molecule has 2 rings (SSSR count). The van der Waals surface area contributed by atoms with Crippen molar-refractivity contribution in [3.05, 3.63) is 52.3 Å². The molecule has 0 fully saturated rings. The standard InChI is InChI=1S/C13H13N5O2/c1-10(9-17-6-2-5-15-17)16-12-4-3-11(8-14)13(7-12)18(19)20/h2-7,10,16H,9H2,1H3/t10-/m0/s1. The first kappa shape index (κ1) is 13.5. The summed E-state index contributed by atoms with van der Waals surface area (Å²) in [6, 6.07) is 8.16. The second kappa shape index (κ2) is 5.84. The SMILES string of the molecule is C[C@@H](Cn1cccn1)Nc1ccc(C#N)c([N+](=O)[O-])c1. The van der Waals surface area contributed by atoms with Crippen LogP contribution in [0.1, 0.15) is 12.5 Å². The smallest absolute Gasteiger partial charge is 0.289 e. The van der Waals surface area contributed by atoms with Crippen LogP contribution in [0.4, 0.5) is 11.4 Å². The molecule has 0 aliphatic heterocycles. The monoisotopic (exact) mass is 271 g/mol. The summed E-state index contributed by atoms with van der Waals surface area (Å²) in [7, 11) is 0. The molecule has 0 aliphatic rings. The molecule has 0 bridgehead atoms. The van der Waals surface area contributed by atoms with E-state index in [0.717, 1.165) is 0 Å². The molecule has 0 amide bonds. The van der Waals surface area contributed by atoms with Crippen LogP contribution in [0.15, 0.2) is 36.7 Å². The largest absolute Gasteiger partial charge is 0.381 e. The van der Waals surface area contributed by atoms with Gasteiger partial charge in [-0.1, -0.05) is 0 Å². The molecular formula is C13H13N5O2. The molecule has 1 aromatic carbocycles. The zero-order chi connectivity index (χ0) is 14.5. The molecule has 1 atom stereocenters. The fraction of sp³-hybridized carbons (Fsp3) is 0.231. The van der Waals surface area contributed by atoms with Gasteiger partial charge in [0.05, 0.1) is 11.5 Å². The molecule has 0 saturated heterocycles. The van der Waals surface area contributed by atoms with Crippen molar-refractivity contribution < 1.29 is 4.92 Å². The maximum absolute atomic E-state index is 10.9. The number of aromatic nitrogens is 2. The van der Waals surface area contributed by atoms with Crippen molar-refractivity contribution in [3.63, 3.8) is 0 Å². The summed E-state index contributed by atoms with van der Waals surface area (Å²) in [5.41, 5.74) is 0.472. The second-order valence-corrected chi connectivity index (χ2v) is 4.37. The number of nitro groups is 1. The van der Waals surface area contributed by atoms with Crippen molar-refractivity contribution in [2.24, 2.45) is 0 Å². The first-order chi connectivity index (χ1) is 9.60. The summed E-state index contributed by atoms with van der Waals surface area (Å²) in [5, 5.41) is 27.0. The van der Waals surface area contributed by atoms with E-state index in [0.29, 0.717) is 12.2 Å². The molecule has 7 heteroatoms. The number of anilines is 1. The highest BCUT2D eigenvalue weighted by Gasteiger charge is 2.15. The lowest BCUT2D eigenvalue weighted by molar-refractivity contribution is -0.385. The van der Waals surface area contributed by atoms with E-state index in [-0.39, 0.29) is 17.3 Å². The van der Waals surface area contributed by atoms with E-state index in [4.69, 9.17) is 5.26 Å². The van der Waals surface area contributed by atoms with Gasteiger partial charge in [-0.15, -0.1) is 0 Å². The molecule has 1 heterocycles. The van der Waals surface area contributed by atoms with Crippen LogP contribution in [0.2, 0.25) is 0 Å². The predicted molar refractivity (Wildman–Crippen MR) is 73.1 cm³/mol. The van der Waals surface area contributed by atoms with Gasteiger partial charge in [0.1, 0.15) is 11.6 Å². The highest BCUT2D eigenvalue weighted by Crippen LogP contribution is 2.23. The topological polar surface area (TPSA) is 96.8 Å². The van der Waals surface area contributed by atoms with Crippen LogP contribution < -0.4 is 5.32 Å². The van der Waals surface area contributed by atoms with Gasteiger partial charge in [0.15, 0.2) is 0 Å². The number of benzene rings is 1. The number of nitriles is 1. The first-order valence-electron chi connectivity index (χ1n) is 6.02. The van der Waals surface area contributed by atoms with Crippen molar-refractivity contribution in [1.29, 1.82) is 5.26 Å². The number of rotatable bonds is 5. The molecule has 1 aromatic heterocycles. The summed E-state index contributed by atoms with van der Waals surface area (Å²) < 4.78 is 1.77. The van der Waals surface area contributed by atoms with Crippen LogP contribution in [-0.4, -0.2) is 20.7 Å². The minimum atomic E-state index is -0.554. The molecular weight excluding hydrogens is 258 g/mol. The van der Waals surface area contributed by atoms with E-state index in [1.165, 1.54) is 12.1 Å². The maximum atomic E-state index is 10.9. The van der Waals surface area contributed by atoms with Gasteiger partial charge in [0.2, 0.25) is 0 Å². The quantitative estimate of drug-likeness (QED) is 0.664. The van der Waals surface area contributed by atoms with E-state index in [2.05, 4.69) is 10.4 Å². The number of hydrogen-bond acceptors (Lipinski definition) is 5. The molecule has 102 valence electrons. The number of nitro benzene ring substituents is 1. The fourth-order valence-corrected chi connectivity index (χ4v) is 1.89. The average molecular weight is 271 g/mol. The van der Waals surface area contributed by atoms with Gasteiger partial charge in [-0.2, -0.15) is 10.4 Å². The summed E-state index contributed by atoms with van der Waals surface area (Å²) in [6.45, 7) is 2.59. The van der Waals surface area contributed by atoms with Gasteiger partial charge in [-0.3, -0.25) is 14.8 Å². The Bertz CT molecular complexity index is 645. The Labute approximate surface area is 115 Å². The third-order valence-corrected chi connectivity index (χ3v) is 2.75. The van der Waals surface area contributed by atoms with Crippen molar-refractivity contribution in [3.8, 4) is 6.07 Å². The van der Waals surface area contributed by atoms with Gasteiger partial charge in [0, 0.05) is 30.2 Å². The van der Waals surface area contributed by atoms with Crippen LogP contribution >= 0.6 is 0 Å². The summed E-state index contributed by atoms with van der Waals surface area (Å²) in [5.74, 6) is 0. The molecule has 0 unspecified atom stereocenters. The van der Waals surface area contributed by atoms with Gasteiger partial charge >= 0.3 is 0 Å². The van der Waals surface area contributed by atoms with E-state index in [1.807, 2.05) is 25.3 Å². The fourth-order valence-electron chi connectivity index (χ4n) is 1.89. The summed E-state index contributed by atoms with van der Waals surface area (Å²) >= 11 is 0. The van der Waals surface area contributed by atoms with Crippen LogP contribution in [-0.2, 0) is 6.54 Å². The number of nitrogens with one attached hydrogen (secondary N) is 1. The third-order valence-electron chi connectivity index (χ3n) is 2.75. The molecule has 0 saturated carbocycles. The highest BCUT2D eigenvalue weighted by molar-refractivity contribution is 5.59. The number of nitrogens with zero attached hydrogens (tertiary/aromatic N) is 4. The van der Waals surface area contributed by atoms with Crippen molar-refractivity contribution >= 4 is 11.4 Å². The lowest BCUT2D eigenvalue weighted by atomic mass is 10.1. The maximum Gasteiger partial charge on any atom is 0.289 e. The Morgan fingerprint density at radius 1 is 1.60 bits per heavy atom. The highest BCUT2D eigenvalue weighted by atomic mass is 16.6. The van der Waals surface area contributed by atoms with Crippen molar-refractivity contribution in [2.75, 3.05) is 5.32 Å². The molecule has 0 aliphatic carbocycles. The Kier molecular flexibility index (Phi) is 3.96. The Balaban J connectivity index is 2.11. The lowest BCUT2D eigenvalue weighted by Crippen LogP contribution is -2.22.